The van der Waals surface area contributed by atoms with Crippen molar-refractivity contribution in [2.24, 2.45) is 5.92 Å². The van der Waals surface area contributed by atoms with Gasteiger partial charge in [-0.1, -0.05) is 52.4 Å². The molecular weight excluding hydrogens is 336 g/mol. The molecule has 0 aromatic carbocycles. The van der Waals surface area contributed by atoms with E-state index in [4.69, 9.17) is 28.4 Å². The van der Waals surface area contributed by atoms with E-state index in [1.807, 2.05) is 0 Å². The Balaban J connectivity index is 4.71. The van der Waals surface area contributed by atoms with Crippen LogP contribution in [0.1, 0.15) is 58.8 Å². The van der Waals surface area contributed by atoms with Crippen LogP contribution in [0.3, 0.4) is 0 Å². The highest BCUT2D eigenvalue weighted by atomic mass is 16.9. The maximum atomic E-state index is 6.04. The molecule has 0 spiro atoms. The summed E-state index contributed by atoms with van der Waals surface area (Å²) in [5, 5.41) is 0. The largest absolute Gasteiger partial charge is 0.382 e. The number of methoxy groups -OCH3 is 3. The van der Waals surface area contributed by atoms with Crippen LogP contribution in [0.25, 0.3) is 0 Å². The van der Waals surface area contributed by atoms with Crippen LogP contribution in [-0.2, 0) is 28.4 Å². The molecule has 6 nitrogen and oxygen atoms in total. The Labute approximate surface area is 160 Å². The molecule has 1 atom stereocenters. The van der Waals surface area contributed by atoms with Gasteiger partial charge in [0, 0.05) is 27.2 Å². The van der Waals surface area contributed by atoms with Gasteiger partial charge in [-0.2, -0.15) is 0 Å². The average Bonchev–Trinajstić information content (AvgIpc) is 2.64. The molecule has 0 aliphatic carbocycles. The van der Waals surface area contributed by atoms with E-state index in [-0.39, 0.29) is 5.92 Å². The minimum absolute atomic E-state index is 0.0965. The quantitative estimate of drug-likeness (QED) is 0.236. The Morgan fingerprint density at radius 2 is 1.04 bits per heavy atom. The van der Waals surface area contributed by atoms with Gasteiger partial charge in [-0.3, -0.25) is 0 Å². The molecule has 0 aromatic rings. The SMILES string of the molecule is CCCCCCCCC(C)C(OCCOC)(OCCOC)OCCOC. The lowest BCUT2D eigenvalue weighted by Crippen LogP contribution is -2.47. The molecular formula is C20H42O6. The van der Waals surface area contributed by atoms with E-state index < -0.39 is 5.97 Å². The summed E-state index contributed by atoms with van der Waals surface area (Å²) in [6, 6.07) is 0. The van der Waals surface area contributed by atoms with Crippen LogP contribution >= 0.6 is 0 Å². The van der Waals surface area contributed by atoms with Crippen molar-refractivity contribution in [2.45, 2.75) is 64.8 Å². The zero-order valence-corrected chi connectivity index (χ0v) is 17.7. The van der Waals surface area contributed by atoms with Gasteiger partial charge in [0.2, 0.25) is 0 Å². The monoisotopic (exact) mass is 378 g/mol. The van der Waals surface area contributed by atoms with Crippen molar-refractivity contribution in [2.75, 3.05) is 61.0 Å². The van der Waals surface area contributed by atoms with E-state index in [2.05, 4.69) is 13.8 Å². The summed E-state index contributed by atoms with van der Waals surface area (Å²) in [4.78, 5) is 0. The summed E-state index contributed by atoms with van der Waals surface area (Å²) >= 11 is 0. The fourth-order valence-electron chi connectivity index (χ4n) is 2.76. The molecule has 0 aliphatic rings. The van der Waals surface area contributed by atoms with Crippen molar-refractivity contribution < 1.29 is 28.4 Å². The molecule has 0 bridgehead atoms. The smallest absolute Gasteiger partial charge is 0.285 e. The standard InChI is InChI=1S/C20H42O6/c1-6-7-8-9-10-11-12-19(2)20(24-16-13-21-3,25-17-14-22-4)26-18-15-23-5/h19H,6-18H2,1-5H3. The molecule has 6 heteroatoms. The van der Waals surface area contributed by atoms with E-state index in [0.717, 1.165) is 12.8 Å². The van der Waals surface area contributed by atoms with Gasteiger partial charge < -0.3 is 28.4 Å². The second-order valence-corrected chi connectivity index (χ2v) is 6.58. The third kappa shape index (κ3) is 12.2. The van der Waals surface area contributed by atoms with Crippen LogP contribution < -0.4 is 0 Å². The lowest BCUT2D eigenvalue weighted by atomic mass is 9.99. The van der Waals surface area contributed by atoms with Gasteiger partial charge in [0.1, 0.15) is 0 Å². The molecule has 0 aromatic heterocycles. The van der Waals surface area contributed by atoms with Crippen molar-refractivity contribution in [1.82, 2.24) is 0 Å². The number of hydrogen-bond acceptors (Lipinski definition) is 6. The predicted molar refractivity (Wildman–Crippen MR) is 103 cm³/mol. The second kappa shape index (κ2) is 18.1. The molecule has 1 unspecified atom stereocenters. The Morgan fingerprint density at radius 1 is 0.615 bits per heavy atom. The van der Waals surface area contributed by atoms with Crippen LogP contribution in [0.2, 0.25) is 0 Å². The van der Waals surface area contributed by atoms with Gasteiger partial charge in [0.15, 0.2) is 0 Å². The molecule has 0 amide bonds. The first-order chi connectivity index (χ1) is 12.7. The third-order valence-corrected chi connectivity index (χ3v) is 4.37. The molecule has 0 heterocycles. The van der Waals surface area contributed by atoms with Crippen LogP contribution in [0.4, 0.5) is 0 Å². The minimum Gasteiger partial charge on any atom is -0.382 e. The lowest BCUT2D eigenvalue weighted by Gasteiger charge is -2.38. The first-order valence-corrected chi connectivity index (χ1v) is 10.1. The summed E-state index contributed by atoms with van der Waals surface area (Å²) in [5.74, 6) is -0.988. The van der Waals surface area contributed by atoms with Gasteiger partial charge >= 0.3 is 0 Å². The summed E-state index contributed by atoms with van der Waals surface area (Å²) in [7, 11) is 4.97. The number of hydrogen-bond donors (Lipinski definition) is 0. The van der Waals surface area contributed by atoms with Gasteiger partial charge in [-0.25, -0.2) is 0 Å². The van der Waals surface area contributed by atoms with Crippen LogP contribution in [-0.4, -0.2) is 66.9 Å². The number of ether oxygens (including phenoxy) is 6. The third-order valence-electron chi connectivity index (χ3n) is 4.37. The molecule has 0 saturated heterocycles. The first-order valence-electron chi connectivity index (χ1n) is 10.1. The average molecular weight is 379 g/mol. The van der Waals surface area contributed by atoms with Gasteiger partial charge in [-0.15, -0.1) is 0 Å². The van der Waals surface area contributed by atoms with Crippen LogP contribution in [0.5, 0.6) is 0 Å². The minimum atomic E-state index is -1.08. The normalized spacial score (nSPS) is 13.3. The van der Waals surface area contributed by atoms with Gasteiger partial charge in [-0.05, 0) is 6.42 Å². The maximum absolute atomic E-state index is 6.04. The Hall–Kier alpha value is -0.240. The molecule has 0 radical (unpaired) electrons. The zero-order chi connectivity index (χ0) is 19.5. The Morgan fingerprint density at radius 3 is 1.46 bits per heavy atom. The molecule has 0 fully saturated rings. The predicted octanol–water partition coefficient (Wildman–Crippen LogP) is 4.02. The van der Waals surface area contributed by atoms with E-state index in [9.17, 15) is 0 Å². The lowest BCUT2D eigenvalue weighted by molar-refractivity contribution is -0.407. The highest BCUT2D eigenvalue weighted by Gasteiger charge is 2.40. The van der Waals surface area contributed by atoms with Crippen LogP contribution in [0, 0.1) is 5.92 Å². The molecule has 158 valence electrons. The van der Waals surface area contributed by atoms with Crippen molar-refractivity contribution in [1.29, 1.82) is 0 Å². The number of rotatable bonds is 20. The zero-order valence-electron chi connectivity index (χ0n) is 17.7. The molecule has 0 saturated carbocycles. The molecule has 0 N–H and O–H groups in total. The summed E-state index contributed by atoms with van der Waals surface area (Å²) in [6.07, 6.45) is 8.55. The summed E-state index contributed by atoms with van der Waals surface area (Å²) in [6.45, 7) is 7.08. The van der Waals surface area contributed by atoms with Crippen molar-refractivity contribution in [3.8, 4) is 0 Å². The summed E-state index contributed by atoms with van der Waals surface area (Å²) in [5.41, 5.74) is 0. The summed E-state index contributed by atoms with van der Waals surface area (Å²) < 4.78 is 33.5. The second-order valence-electron chi connectivity index (χ2n) is 6.58. The van der Waals surface area contributed by atoms with Gasteiger partial charge in [0.05, 0.1) is 39.6 Å². The Kier molecular flexibility index (Phi) is 18.0. The highest BCUT2D eigenvalue weighted by Crippen LogP contribution is 2.30. The van der Waals surface area contributed by atoms with E-state index >= 15 is 0 Å². The van der Waals surface area contributed by atoms with Crippen molar-refractivity contribution in [3.63, 3.8) is 0 Å². The van der Waals surface area contributed by atoms with Crippen molar-refractivity contribution >= 4 is 0 Å². The number of unbranched alkanes of at least 4 members (excludes halogenated alkanes) is 5. The van der Waals surface area contributed by atoms with E-state index in [1.54, 1.807) is 21.3 Å². The van der Waals surface area contributed by atoms with E-state index in [0.29, 0.717) is 39.6 Å². The first kappa shape index (κ1) is 25.8. The fourth-order valence-corrected chi connectivity index (χ4v) is 2.76. The molecule has 26 heavy (non-hydrogen) atoms. The maximum Gasteiger partial charge on any atom is 0.285 e. The molecule has 0 aliphatic heterocycles. The fraction of sp³-hybridized carbons (Fsp3) is 1.00. The highest BCUT2D eigenvalue weighted by molar-refractivity contribution is 4.69. The van der Waals surface area contributed by atoms with Crippen molar-refractivity contribution in [3.05, 3.63) is 0 Å². The van der Waals surface area contributed by atoms with E-state index in [1.165, 1.54) is 32.1 Å². The molecule has 0 rings (SSSR count). The topological polar surface area (TPSA) is 55.4 Å². The van der Waals surface area contributed by atoms with Gasteiger partial charge in [0.25, 0.3) is 5.97 Å². The van der Waals surface area contributed by atoms with Crippen LogP contribution in [0.15, 0.2) is 0 Å². The Bertz CT molecular complexity index is 261.